The lowest BCUT2D eigenvalue weighted by molar-refractivity contribution is -0.357. The molecule has 5 atom stereocenters. The molecule has 2 heterocycles. The summed E-state index contributed by atoms with van der Waals surface area (Å²) < 4.78 is 12.8. The van der Waals surface area contributed by atoms with Crippen LogP contribution in [-0.4, -0.2) is 67.7 Å². The molecular formula is C22H25NO7. The van der Waals surface area contributed by atoms with Crippen LogP contribution < -0.4 is 4.74 Å². The van der Waals surface area contributed by atoms with Crippen LogP contribution in [0.15, 0.2) is 54.7 Å². The third kappa shape index (κ3) is 3.37. The summed E-state index contributed by atoms with van der Waals surface area (Å²) in [6.45, 7) is 1.86. The van der Waals surface area contributed by atoms with Crippen molar-refractivity contribution in [3.05, 3.63) is 60.3 Å². The van der Waals surface area contributed by atoms with Gasteiger partial charge in [-0.1, -0.05) is 12.1 Å². The van der Waals surface area contributed by atoms with Crippen LogP contribution >= 0.6 is 0 Å². The molecule has 0 radical (unpaired) electrons. The van der Waals surface area contributed by atoms with Crippen molar-refractivity contribution in [2.24, 2.45) is 0 Å². The number of aromatic nitrogens is 1. The van der Waals surface area contributed by atoms with Gasteiger partial charge in [0.25, 0.3) is 0 Å². The van der Waals surface area contributed by atoms with E-state index in [1.54, 1.807) is 18.2 Å². The van der Waals surface area contributed by atoms with Gasteiger partial charge in [0.1, 0.15) is 30.2 Å². The van der Waals surface area contributed by atoms with Crippen molar-refractivity contribution in [1.82, 2.24) is 4.57 Å². The summed E-state index contributed by atoms with van der Waals surface area (Å²) in [5.41, 5.74) is 1.80. The quantitative estimate of drug-likeness (QED) is 0.414. The van der Waals surface area contributed by atoms with Gasteiger partial charge in [-0.15, -0.1) is 0 Å². The number of aliphatic hydroxyl groups excluding tert-OH is 4. The van der Waals surface area contributed by atoms with E-state index in [0.717, 1.165) is 22.3 Å². The number of hydrogen-bond acceptors (Lipinski definition) is 7. The van der Waals surface area contributed by atoms with Crippen molar-refractivity contribution in [2.45, 2.75) is 37.1 Å². The Labute approximate surface area is 173 Å². The number of fused-ring (bicyclic) bond motifs is 1. The topological polar surface area (TPSA) is 125 Å². The van der Waals surface area contributed by atoms with Gasteiger partial charge in [-0.25, -0.2) is 0 Å². The summed E-state index contributed by atoms with van der Waals surface area (Å²) in [4.78, 5) is 0. The Kier molecular flexibility index (Phi) is 5.54. The fourth-order valence-corrected chi connectivity index (χ4v) is 3.84. The lowest BCUT2D eigenvalue weighted by Gasteiger charge is -2.45. The SMILES string of the molecule is CCOc1ccc(-n2ccc3ccc([C@]4(O)O[C@H](CO)[C@@H](O)[C@H](O)[C@H]4O)cc32)cc1. The van der Waals surface area contributed by atoms with Crippen LogP contribution in [0, 0.1) is 0 Å². The number of benzene rings is 2. The maximum atomic E-state index is 11.1. The fourth-order valence-electron chi connectivity index (χ4n) is 3.84. The Bertz CT molecular complexity index is 1020. The molecule has 0 spiro atoms. The number of nitrogens with zero attached hydrogens (tertiary/aromatic N) is 1. The summed E-state index contributed by atoms with van der Waals surface area (Å²) in [5.74, 6) is -1.54. The van der Waals surface area contributed by atoms with E-state index < -0.39 is 36.8 Å². The van der Waals surface area contributed by atoms with E-state index in [0.29, 0.717) is 6.61 Å². The van der Waals surface area contributed by atoms with Gasteiger partial charge in [0, 0.05) is 17.4 Å². The van der Waals surface area contributed by atoms with Gasteiger partial charge in [-0.05, 0) is 48.7 Å². The van der Waals surface area contributed by atoms with Crippen molar-refractivity contribution in [2.75, 3.05) is 13.2 Å². The Morgan fingerprint density at radius 1 is 1.03 bits per heavy atom. The van der Waals surface area contributed by atoms with Gasteiger partial charge in [-0.3, -0.25) is 0 Å². The smallest absolute Gasteiger partial charge is 0.222 e. The molecule has 8 heteroatoms. The Hall–Kier alpha value is -2.46. The van der Waals surface area contributed by atoms with E-state index in [-0.39, 0.29) is 5.56 Å². The second-order valence-electron chi connectivity index (χ2n) is 7.35. The van der Waals surface area contributed by atoms with Gasteiger partial charge >= 0.3 is 0 Å². The van der Waals surface area contributed by atoms with Crippen molar-refractivity contribution >= 4 is 10.9 Å². The van der Waals surface area contributed by atoms with Crippen LogP contribution in [0.4, 0.5) is 0 Å². The molecule has 0 bridgehead atoms. The maximum absolute atomic E-state index is 11.1. The highest BCUT2D eigenvalue weighted by Crippen LogP contribution is 2.37. The zero-order valence-electron chi connectivity index (χ0n) is 16.4. The highest BCUT2D eigenvalue weighted by atomic mass is 16.7. The van der Waals surface area contributed by atoms with Gasteiger partial charge in [0.15, 0.2) is 0 Å². The Morgan fingerprint density at radius 3 is 2.43 bits per heavy atom. The van der Waals surface area contributed by atoms with E-state index in [1.165, 1.54) is 0 Å². The molecule has 1 fully saturated rings. The first kappa shape index (κ1) is 20.8. The van der Waals surface area contributed by atoms with E-state index >= 15 is 0 Å². The van der Waals surface area contributed by atoms with Crippen molar-refractivity contribution in [3.8, 4) is 11.4 Å². The second-order valence-corrected chi connectivity index (χ2v) is 7.35. The Balaban J connectivity index is 1.75. The predicted molar refractivity (Wildman–Crippen MR) is 108 cm³/mol. The molecule has 0 aliphatic carbocycles. The summed E-state index contributed by atoms with van der Waals surface area (Å²) in [5, 5.41) is 51.9. The lowest BCUT2D eigenvalue weighted by atomic mass is 9.88. The summed E-state index contributed by atoms with van der Waals surface area (Å²) in [7, 11) is 0. The maximum Gasteiger partial charge on any atom is 0.222 e. The predicted octanol–water partition coefficient (Wildman–Crippen LogP) is 0.648. The zero-order chi connectivity index (χ0) is 21.5. The molecule has 30 heavy (non-hydrogen) atoms. The number of ether oxygens (including phenoxy) is 2. The first-order valence-corrected chi connectivity index (χ1v) is 9.79. The first-order chi connectivity index (χ1) is 14.4. The zero-order valence-corrected chi connectivity index (χ0v) is 16.4. The third-order valence-electron chi connectivity index (χ3n) is 5.50. The molecular weight excluding hydrogens is 390 g/mol. The van der Waals surface area contributed by atoms with E-state index in [1.807, 2.05) is 48.0 Å². The van der Waals surface area contributed by atoms with Gasteiger partial charge in [0.2, 0.25) is 5.79 Å². The second kappa shape index (κ2) is 7.99. The molecule has 4 rings (SSSR count). The average molecular weight is 415 g/mol. The minimum absolute atomic E-state index is 0.192. The number of rotatable bonds is 5. The van der Waals surface area contributed by atoms with Crippen LogP contribution in [0.25, 0.3) is 16.6 Å². The molecule has 0 amide bonds. The highest BCUT2D eigenvalue weighted by molar-refractivity contribution is 5.83. The van der Waals surface area contributed by atoms with Crippen LogP contribution in [0.2, 0.25) is 0 Å². The molecule has 1 aromatic heterocycles. The molecule has 8 nitrogen and oxygen atoms in total. The summed E-state index contributed by atoms with van der Waals surface area (Å²) in [6, 6.07) is 14.4. The minimum Gasteiger partial charge on any atom is -0.494 e. The number of aliphatic hydroxyl groups is 5. The number of hydrogen-bond donors (Lipinski definition) is 5. The summed E-state index contributed by atoms with van der Waals surface area (Å²) in [6.07, 6.45) is -4.39. The molecule has 1 aliphatic heterocycles. The molecule has 3 aromatic rings. The largest absolute Gasteiger partial charge is 0.494 e. The minimum atomic E-state index is -2.30. The molecule has 0 unspecified atom stereocenters. The fraction of sp³-hybridized carbons (Fsp3) is 0.364. The third-order valence-corrected chi connectivity index (χ3v) is 5.50. The van der Waals surface area contributed by atoms with Crippen molar-refractivity contribution in [3.63, 3.8) is 0 Å². The molecule has 1 aliphatic rings. The van der Waals surface area contributed by atoms with E-state index in [4.69, 9.17) is 9.47 Å². The average Bonchev–Trinajstić information content (AvgIpc) is 3.19. The van der Waals surface area contributed by atoms with Crippen LogP contribution in [0.1, 0.15) is 12.5 Å². The van der Waals surface area contributed by atoms with Gasteiger partial charge in [-0.2, -0.15) is 0 Å². The van der Waals surface area contributed by atoms with Gasteiger partial charge in [0.05, 0.1) is 18.7 Å². The van der Waals surface area contributed by atoms with E-state index in [2.05, 4.69) is 0 Å². The van der Waals surface area contributed by atoms with Crippen molar-refractivity contribution in [1.29, 1.82) is 0 Å². The molecule has 160 valence electrons. The van der Waals surface area contributed by atoms with Crippen LogP contribution in [0.3, 0.4) is 0 Å². The standard InChI is InChI=1S/C22H25NO7/c1-2-29-16-7-5-15(6-8-16)23-10-9-13-3-4-14(11-17(13)23)22(28)21(27)20(26)19(25)18(12-24)30-22/h3-11,18-21,24-28H,2,12H2,1H3/t18-,19-,20+,21-,22+/m1/s1. The lowest BCUT2D eigenvalue weighted by Crippen LogP contribution is -2.63. The van der Waals surface area contributed by atoms with Crippen molar-refractivity contribution < 1.29 is 35.0 Å². The highest BCUT2D eigenvalue weighted by Gasteiger charge is 2.53. The normalized spacial score (nSPS) is 29.3. The van der Waals surface area contributed by atoms with Crippen LogP contribution in [0.5, 0.6) is 5.75 Å². The summed E-state index contributed by atoms with van der Waals surface area (Å²) >= 11 is 0. The van der Waals surface area contributed by atoms with E-state index in [9.17, 15) is 25.5 Å². The Morgan fingerprint density at radius 2 is 1.77 bits per heavy atom. The molecule has 2 aromatic carbocycles. The molecule has 0 saturated carbocycles. The van der Waals surface area contributed by atoms with Crippen LogP contribution in [-0.2, 0) is 10.5 Å². The molecule has 5 N–H and O–H groups in total. The molecule has 1 saturated heterocycles. The first-order valence-electron chi connectivity index (χ1n) is 9.79. The monoisotopic (exact) mass is 415 g/mol. The van der Waals surface area contributed by atoms with Gasteiger partial charge < -0.3 is 39.6 Å².